The fourth-order valence-electron chi connectivity index (χ4n) is 0.656. The second-order valence-electron chi connectivity index (χ2n) is 3.97. The number of carboxylic acids is 1. The maximum absolute atomic E-state index is 10.7. The third-order valence-corrected chi connectivity index (χ3v) is 1.82. The Balaban J connectivity index is -0.000000252. The Kier molecular flexibility index (Phi) is 24.0. The zero-order chi connectivity index (χ0) is 17.1. The van der Waals surface area contributed by atoms with Crippen molar-refractivity contribution in [3.63, 3.8) is 0 Å². The van der Waals surface area contributed by atoms with E-state index < -0.39 is 5.97 Å². The molecule has 6 heteroatoms. The summed E-state index contributed by atoms with van der Waals surface area (Å²) in [5.41, 5.74) is 0.469. The van der Waals surface area contributed by atoms with Crippen LogP contribution in [0.2, 0.25) is 0 Å². The highest BCUT2D eigenvalue weighted by atomic mass is 16.5. The second kappa shape index (κ2) is 20.7. The number of carboxylic acid groups (broad SMARTS) is 1. The van der Waals surface area contributed by atoms with Gasteiger partial charge in [0.25, 0.3) is 0 Å². The molecule has 0 aromatic rings. The minimum atomic E-state index is -0.981. The summed E-state index contributed by atoms with van der Waals surface area (Å²) in [6, 6.07) is 0. The molecule has 0 aliphatic carbocycles. The van der Waals surface area contributed by atoms with Crippen molar-refractivity contribution in [2.45, 2.75) is 39.5 Å². The van der Waals surface area contributed by atoms with E-state index in [0.29, 0.717) is 12.2 Å². The van der Waals surface area contributed by atoms with Crippen LogP contribution in [0.4, 0.5) is 0 Å². The summed E-state index contributed by atoms with van der Waals surface area (Å²) < 4.78 is 4.81. The Bertz CT molecular complexity index is 282. The van der Waals surface area contributed by atoms with Gasteiger partial charge in [-0.2, -0.15) is 0 Å². The first-order valence-corrected chi connectivity index (χ1v) is 6.76. The van der Waals surface area contributed by atoms with E-state index >= 15 is 0 Å². The van der Waals surface area contributed by atoms with Crippen LogP contribution < -0.4 is 0 Å². The second-order valence-corrected chi connectivity index (χ2v) is 3.97. The van der Waals surface area contributed by atoms with E-state index in [1.807, 2.05) is 0 Å². The van der Waals surface area contributed by atoms with E-state index in [0.717, 1.165) is 31.8 Å². The molecule has 0 radical (unpaired) electrons. The molecule has 0 aromatic heterocycles. The lowest BCUT2D eigenvalue weighted by atomic mass is 10.3. The molecular formula is C15H28O6. The first-order chi connectivity index (χ1) is 9.87. The predicted molar refractivity (Wildman–Crippen MR) is 81.9 cm³/mol. The van der Waals surface area contributed by atoms with Crippen LogP contribution in [0.25, 0.3) is 0 Å². The fourth-order valence-corrected chi connectivity index (χ4v) is 0.656. The maximum Gasteiger partial charge on any atom is 0.333 e. The van der Waals surface area contributed by atoms with Crippen LogP contribution in [0.15, 0.2) is 24.8 Å². The lowest BCUT2D eigenvalue weighted by molar-refractivity contribution is -0.139. The molecule has 3 N–H and O–H groups in total. The molecule has 0 aliphatic heterocycles. The number of rotatable bonds is 8. The number of aliphatic carboxylic acids is 1. The van der Waals surface area contributed by atoms with E-state index in [-0.39, 0.29) is 19.2 Å². The van der Waals surface area contributed by atoms with E-state index in [1.165, 1.54) is 0 Å². The molecule has 124 valence electrons. The molecule has 0 bridgehead atoms. The van der Waals surface area contributed by atoms with Crippen LogP contribution in [-0.4, -0.2) is 47.1 Å². The average Bonchev–Trinajstić information content (AvgIpc) is 2.46. The number of esters is 1. The molecule has 0 spiro atoms. The van der Waals surface area contributed by atoms with Crippen LogP contribution >= 0.6 is 0 Å². The van der Waals surface area contributed by atoms with Gasteiger partial charge < -0.3 is 20.1 Å². The van der Waals surface area contributed by atoms with Crippen molar-refractivity contribution in [1.29, 1.82) is 0 Å². The van der Waals surface area contributed by atoms with Crippen molar-refractivity contribution in [3.8, 4) is 0 Å². The third kappa shape index (κ3) is 32.2. The van der Waals surface area contributed by atoms with Gasteiger partial charge in [0.05, 0.1) is 6.61 Å². The highest BCUT2D eigenvalue weighted by Crippen LogP contribution is 1.94. The summed E-state index contributed by atoms with van der Waals surface area (Å²) >= 11 is 0. The number of hydrogen-bond donors (Lipinski definition) is 3. The van der Waals surface area contributed by atoms with Crippen LogP contribution in [0.1, 0.15) is 39.5 Å². The standard InChI is InChI=1S/C8H14O2.C4H10O2.C3H4O2/c1-4-5-6-10-8(9)7(2)3;5-3-1-2-4-6;1-2-3(4)5/h2,4-6H2,1,3H3;5-6H,1-4H2;2H,1H2,(H,4,5). The molecule has 6 nitrogen and oxygen atoms in total. The van der Waals surface area contributed by atoms with E-state index in [4.69, 9.17) is 20.1 Å². The van der Waals surface area contributed by atoms with Crippen molar-refractivity contribution in [2.75, 3.05) is 19.8 Å². The molecule has 0 aliphatic rings. The first kappa shape index (κ1) is 24.4. The van der Waals surface area contributed by atoms with E-state index in [2.05, 4.69) is 20.1 Å². The largest absolute Gasteiger partial charge is 0.478 e. The van der Waals surface area contributed by atoms with Gasteiger partial charge in [-0.05, 0) is 26.2 Å². The lowest BCUT2D eigenvalue weighted by Gasteiger charge is -2.01. The zero-order valence-corrected chi connectivity index (χ0v) is 13.0. The molecular weight excluding hydrogens is 276 g/mol. The van der Waals surface area contributed by atoms with Gasteiger partial charge in [-0.3, -0.25) is 0 Å². The number of ether oxygens (including phenoxy) is 1. The van der Waals surface area contributed by atoms with Crippen molar-refractivity contribution in [1.82, 2.24) is 0 Å². The number of aliphatic hydroxyl groups excluding tert-OH is 2. The van der Waals surface area contributed by atoms with Gasteiger partial charge in [-0.25, -0.2) is 9.59 Å². The van der Waals surface area contributed by atoms with Crippen LogP contribution in [-0.2, 0) is 14.3 Å². The van der Waals surface area contributed by atoms with Crippen molar-refractivity contribution >= 4 is 11.9 Å². The van der Waals surface area contributed by atoms with Gasteiger partial charge >= 0.3 is 11.9 Å². The van der Waals surface area contributed by atoms with Gasteiger partial charge in [-0.1, -0.05) is 26.5 Å². The fraction of sp³-hybridized carbons (Fsp3) is 0.600. The van der Waals surface area contributed by atoms with Crippen molar-refractivity contribution < 1.29 is 29.6 Å². The van der Waals surface area contributed by atoms with E-state index in [1.54, 1.807) is 6.92 Å². The Morgan fingerprint density at radius 1 is 1.14 bits per heavy atom. The first-order valence-electron chi connectivity index (χ1n) is 6.76. The molecule has 0 fully saturated rings. The summed E-state index contributed by atoms with van der Waals surface area (Å²) in [5.74, 6) is -1.27. The predicted octanol–water partition coefficient (Wildman–Crippen LogP) is 1.91. The summed E-state index contributed by atoms with van der Waals surface area (Å²) in [6.07, 6.45) is 4.25. The Labute approximate surface area is 126 Å². The monoisotopic (exact) mass is 304 g/mol. The van der Waals surface area contributed by atoms with Gasteiger partial charge in [0.2, 0.25) is 0 Å². The number of carbonyl (C=O) groups excluding carboxylic acids is 1. The molecule has 0 heterocycles. The average molecular weight is 304 g/mol. The molecule has 0 atom stereocenters. The smallest absolute Gasteiger partial charge is 0.333 e. The van der Waals surface area contributed by atoms with Gasteiger partial charge in [0.1, 0.15) is 0 Å². The number of unbranched alkanes of at least 4 members (excludes halogenated alkanes) is 2. The molecule has 0 saturated heterocycles. The van der Waals surface area contributed by atoms with Crippen molar-refractivity contribution in [2.24, 2.45) is 0 Å². The number of carbonyl (C=O) groups is 2. The highest BCUT2D eigenvalue weighted by molar-refractivity contribution is 5.86. The van der Waals surface area contributed by atoms with E-state index in [9.17, 15) is 9.59 Å². The third-order valence-electron chi connectivity index (χ3n) is 1.82. The number of hydrogen-bond acceptors (Lipinski definition) is 5. The quantitative estimate of drug-likeness (QED) is 0.359. The molecule has 21 heavy (non-hydrogen) atoms. The summed E-state index contributed by atoms with van der Waals surface area (Å²) in [5, 5.41) is 23.8. The molecule has 0 rings (SSSR count). The Morgan fingerprint density at radius 2 is 1.57 bits per heavy atom. The van der Waals surface area contributed by atoms with Crippen LogP contribution in [0.5, 0.6) is 0 Å². The van der Waals surface area contributed by atoms with Crippen molar-refractivity contribution in [3.05, 3.63) is 24.8 Å². The Morgan fingerprint density at radius 3 is 1.81 bits per heavy atom. The number of aliphatic hydroxyl groups is 2. The maximum atomic E-state index is 10.7. The molecule has 0 unspecified atom stereocenters. The SMILES string of the molecule is C=C(C)C(=O)OCCCC.C=CC(=O)O.OCCCCO. The normalized spacial score (nSPS) is 8.38. The zero-order valence-electron chi connectivity index (χ0n) is 13.0. The topological polar surface area (TPSA) is 104 Å². The molecule has 0 saturated carbocycles. The highest BCUT2D eigenvalue weighted by Gasteiger charge is 2.00. The Hall–Kier alpha value is -1.66. The lowest BCUT2D eigenvalue weighted by Crippen LogP contribution is -2.05. The summed E-state index contributed by atoms with van der Waals surface area (Å²) in [7, 11) is 0. The van der Waals surface area contributed by atoms with Crippen LogP contribution in [0, 0.1) is 0 Å². The minimum Gasteiger partial charge on any atom is -0.478 e. The minimum absolute atomic E-state index is 0.195. The van der Waals surface area contributed by atoms with Gasteiger partial charge in [-0.15, -0.1) is 0 Å². The molecule has 0 amide bonds. The van der Waals surface area contributed by atoms with Gasteiger partial charge in [0, 0.05) is 24.9 Å². The molecule has 0 aromatic carbocycles. The summed E-state index contributed by atoms with van der Waals surface area (Å²) in [6.45, 7) is 11.0. The summed E-state index contributed by atoms with van der Waals surface area (Å²) in [4.78, 5) is 19.9. The van der Waals surface area contributed by atoms with Gasteiger partial charge in [0.15, 0.2) is 0 Å². The van der Waals surface area contributed by atoms with Crippen LogP contribution in [0.3, 0.4) is 0 Å².